The maximum Gasteiger partial charge on any atom is 0.193 e. The molecule has 0 saturated heterocycles. The molecule has 0 aromatic heterocycles. The Kier molecular flexibility index (Phi) is 3.51. The van der Waals surface area contributed by atoms with E-state index in [-0.39, 0.29) is 17.0 Å². The normalized spacial score (nSPS) is 10.3. The van der Waals surface area contributed by atoms with Crippen molar-refractivity contribution < 1.29 is 13.9 Å². The fourth-order valence-corrected chi connectivity index (χ4v) is 1.74. The summed E-state index contributed by atoms with van der Waals surface area (Å²) in [5.74, 6) is -0.0868. The van der Waals surface area contributed by atoms with Crippen molar-refractivity contribution >= 4 is 11.5 Å². The van der Waals surface area contributed by atoms with Gasteiger partial charge in [-0.25, -0.2) is 4.39 Å². The van der Waals surface area contributed by atoms with Gasteiger partial charge in [-0.1, -0.05) is 0 Å². The van der Waals surface area contributed by atoms with Gasteiger partial charge in [-0.2, -0.15) is 0 Å². The summed E-state index contributed by atoms with van der Waals surface area (Å²) < 4.78 is 18.6. The Hall–Kier alpha value is -2.36. The van der Waals surface area contributed by atoms with Crippen molar-refractivity contribution in [1.29, 1.82) is 0 Å². The minimum absolute atomic E-state index is 0.241. The highest BCUT2D eigenvalue weighted by Gasteiger charge is 2.13. The van der Waals surface area contributed by atoms with Gasteiger partial charge in [-0.3, -0.25) is 4.79 Å². The molecule has 0 aliphatic carbocycles. The van der Waals surface area contributed by atoms with Crippen molar-refractivity contribution in [3.63, 3.8) is 0 Å². The number of benzene rings is 2. The van der Waals surface area contributed by atoms with Crippen molar-refractivity contribution in [2.24, 2.45) is 0 Å². The third kappa shape index (κ3) is 2.57. The Morgan fingerprint density at radius 1 is 1.16 bits per heavy atom. The van der Waals surface area contributed by atoms with Crippen LogP contribution in [0.1, 0.15) is 21.5 Å². The fraction of sp³-hybridized carbons (Fsp3) is 0.133. The molecule has 0 spiro atoms. The number of nitrogens with two attached hydrogens (primary N) is 1. The maximum atomic E-state index is 13.6. The Morgan fingerprint density at radius 3 is 2.32 bits per heavy atom. The molecular weight excluding hydrogens is 245 g/mol. The molecule has 98 valence electrons. The Labute approximate surface area is 110 Å². The summed E-state index contributed by atoms with van der Waals surface area (Å²) in [6.45, 7) is 1.58. The van der Waals surface area contributed by atoms with Crippen LogP contribution >= 0.6 is 0 Å². The second kappa shape index (κ2) is 5.10. The Bertz CT molecular complexity index is 598. The molecule has 0 atom stereocenters. The lowest BCUT2D eigenvalue weighted by molar-refractivity contribution is 0.103. The van der Waals surface area contributed by atoms with E-state index in [0.29, 0.717) is 16.9 Å². The SMILES string of the molecule is COc1ccc(C(=O)c2cc(N)c(C)c(F)c2)cc1. The Morgan fingerprint density at radius 2 is 1.79 bits per heavy atom. The molecule has 0 bridgehead atoms. The lowest BCUT2D eigenvalue weighted by Gasteiger charge is -2.07. The van der Waals surface area contributed by atoms with Gasteiger partial charge in [-0.15, -0.1) is 0 Å². The van der Waals surface area contributed by atoms with Gasteiger partial charge in [-0.05, 0) is 43.3 Å². The number of rotatable bonds is 3. The molecule has 0 unspecified atom stereocenters. The van der Waals surface area contributed by atoms with Gasteiger partial charge < -0.3 is 10.5 Å². The first kappa shape index (κ1) is 13.1. The molecule has 0 fully saturated rings. The molecule has 0 aliphatic heterocycles. The van der Waals surface area contributed by atoms with E-state index >= 15 is 0 Å². The lowest BCUT2D eigenvalue weighted by atomic mass is 10.0. The molecule has 3 nitrogen and oxygen atoms in total. The average Bonchev–Trinajstić information content (AvgIpc) is 2.43. The number of hydrogen-bond donors (Lipinski definition) is 1. The van der Waals surface area contributed by atoms with Crippen LogP contribution in [0, 0.1) is 12.7 Å². The molecule has 0 saturated carbocycles. The van der Waals surface area contributed by atoms with Gasteiger partial charge in [0.15, 0.2) is 5.78 Å². The van der Waals surface area contributed by atoms with Crippen LogP contribution in [0.5, 0.6) is 5.75 Å². The van der Waals surface area contributed by atoms with Crippen molar-refractivity contribution in [3.05, 3.63) is 58.9 Å². The number of hydrogen-bond acceptors (Lipinski definition) is 3. The topological polar surface area (TPSA) is 52.3 Å². The van der Waals surface area contributed by atoms with Crippen LogP contribution in [-0.2, 0) is 0 Å². The zero-order valence-electron chi connectivity index (χ0n) is 10.7. The first-order valence-electron chi connectivity index (χ1n) is 5.77. The fourth-order valence-electron chi connectivity index (χ4n) is 1.74. The second-order valence-electron chi connectivity index (χ2n) is 4.23. The van der Waals surface area contributed by atoms with Crippen molar-refractivity contribution in [2.75, 3.05) is 12.8 Å². The standard InChI is InChI=1S/C15H14FNO2/c1-9-13(16)7-11(8-14(9)17)15(18)10-3-5-12(19-2)6-4-10/h3-8H,17H2,1-2H3. The number of methoxy groups -OCH3 is 1. The average molecular weight is 259 g/mol. The van der Waals surface area contributed by atoms with E-state index in [4.69, 9.17) is 10.5 Å². The highest BCUT2D eigenvalue weighted by atomic mass is 19.1. The third-order valence-corrected chi connectivity index (χ3v) is 3.00. The van der Waals surface area contributed by atoms with Gasteiger partial charge >= 0.3 is 0 Å². The molecule has 19 heavy (non-hydrogen) atoms. The van der Waals surface area contributed by atoms with Crippen molar-refractivity contribution in [2.45, 2.75) is 6.92 Å². The van der Waals surface area contributed by atoms with Crippen LogP contribution in [0.2, 0.25) is 0 Å². The van der Waals surface area contributed by atoms with Gasteiger partial charge in [0.1, 0.15) is 11.6 Å². The van der Waals surface area contributed by atoms with Crippen LogP contribution in [0.4, 0.5) is 10.1 Å². The third-order valence-electron chi connectivity index (χ3n) is 3.00. The Balaban J connectivity index is 2.38. The lowest BCUT2D eigenvalue weighted by Crippen LogP contribution is -2.04. The van der Waals surface area contributed by atoms with Gasteiger partial charge in [0.05, 0.1) is 7.11 Å². The number of carbonyl (C=O) groups excluding carboxylic acids is 1. The van der Waals surface area contributed by atoms with Crippen molar-refractivity contribution in [1.82, 2.24) is 0 Å². The smallest absolute Gasteiger partial charge is 0.193 e. The summed E-state index contributed by atoms with van der Waals surface area (Å²) in [6, 6.07) is 9.33. The first-order chi connectivity index (χ1) is 9.02. The molecule has 4 heteroatoms. The van der Waals surface area contributed by atoms with E-state index in [9.17, 15) is 9.18 Å². The molecule has 0 amide bonds. The predicted octanol–water partition coefficient (Wildman–Crippen LogP) is 2.96. The summed E-state index contributed by atoms with van der Waals surface area (Å²) in [6.07, 6.45) is 0. The quantitative estimate of drug-likeness (QED) is 0.681. The van der Waals surface area contributed by atoms with Crippen LogP contribution in [0.15, 0.2) is 36.4 Å². The van der Waals surface area contributed by atoms with Crippen LogP contribution in [-0.4, -0.2) is 12.9 Å². The van der Waals surface area contributed by atoms with E-state index in [0.717, 1.165) is 0 Å². The number of ether oxygens (including phenoxy) is 1. The van der Waals surface area contributed by atoms with Gasteiger partial charge in [0.25, 0.3) is 0 Å². The monoisotopic (exact) mass is 259 g/mol. The van der Waals surface area contributed by atoms with E-state index < -0.39 is 5.82 Å². The summed E-state index contributed by atoms with van der Waals surface area (Å²) in [5, 5.41) is 0. The summed E-state index contributed by atoms with van der Waals surface area (Å²) in [4.78, 5) is 12.2. The van der Waals surface area contributed by atoms with Crippen molar-refractivity contribution in [3.8, 4) is 5.75 Å². The minimum Gasteiger partial charge on any atom is -0.497 e. The maximum absolute atomic E-state index is 13.6. The number of ketones is 1. The summed E-state index contributed by atoms with van der Waals surface area (Å²) in [7, 11) is 1.55. The largest absolute Gasteiger partial charge is 0.497 e. The number of nitrogen functional groups attached to an aromatic ring is 1. The molecule has 2 aromatic rings. The van der Waals surface area contributed by atoms with Crippen LogP contribution in [0.25, 0.3) is 0 Å². The summed E-state index contributed by atoms with van der Waals surface area (Å²) in [5.41, 5.74) is 7.00. The molecule has 2 aromatic carbocycles. The highest BCUT2D eigenvalue weighted by molar-refractivity contribution is 6.09. The van der Waals surface area contributed by atoms with E-state index in [2.05, 4.69) is 0 Å². The molecular formula is C15H14FNO2. The molecule has 0 heterocycles. The zero-order chi connectivity index (χ0) is 14.0. The minimum atomic E-state index is -0.475. The van der Waals surface area contributed by atoms with E-state index in [1.54, 1.807) is 38.3 Å². The molecule has 2 N–H and O–H groups in total. The van der Waals surface area contributed by atoms with Crippen LogP contribution < -0.4 is 10.5 Å². The zero-order valence-corrected chi connectivity index (χ0v) is 10.7. The second-order valence-corrected chi connectivity index (χ2v) is 4.23. The van der Waals surface area contributed by atoms with Gasteiger partial charge in [0.2, 0.25) is 0 Å². The first-order valence-corrected chi connectivity index (χ1v) is 5.77. The van der Waals surface area contributed by atoms with E-state index in [1.165, 1.54) is 12.1 Å². The number of anilines is 1. The number of halogens is 1. The van der Waals surface area contributed by atoms with Crippen LogP contribution in [0.3, 0.4) is 0 Å². The molecule has 0 radical (unpaired) electrons. The summed E-state index contributed by atoms with van der Waals surface area (Å²) >= 11 is 0. The molecule has 2 rings (SSSR count). The molecule has 0 aliphatic rings. The number of carbonyl (C=O) groups is 1. The van der Waals surface area contributed by atoms with Gasteiger partial charge in [0, 0.05) is 22.4 Å². The van der Waals surface area contributed by atoms with E-state index in [1.807, 2.05) is 0 Å². The highest BCUT2D eigenvalue weighted by Crippen LogP contribution is 2.21. The predicted molar refractivity (Wildman–Crippen MR) is 72.0 cm³/mol.